The predicted octanol–water partition coefficient (Wildman–Crippen LogP) is 8.40. The largest absolute Gasteiger partial charge is 0.399 e. The molecular weight excluding hydrogens is 1020 g/mol. The van der Waals surface area contributed by atoms with Crippen LogP contribution in [0, 0.1) is 10.7 Å². The van der Waals surface area contributed by atoms with Gasteiger partial charge in [-0.2, -0.15) is 10.3 Å². The van der Waals surface area contributed by atoms with E-state index >= 15 is 0 Å². The zero-order valence-electron chi connectivity index (χ0n) is 34.7. The van der Waals surface area contributed by atoms with Crippen molar-refractivity contribution in [2.24, 2.45) is 21.0 Å². The van der Waals surface area contributed by atoms with Crippen LogP contribution in [0.25, 0.3) is 0 Å². The summed E-state index contributed by atoms with van der Waals surface area (Å²) in [6.07, 6.45) is 3.95. The van der Waals surface area contributed by atoms with Gasteiger partial charge >= 0.3 is 15.3 Å². The minimum Gasteiger partial charge on any atom is -0.399 e. The zero-order chi connectivity index (χ0) is 47.2. The van der Waals surface area contributed by atoms with Crippen molar-refractivity contribution in [2.75, 3.05) is 103 Å². The average Bonchev–Trinajstić information content (AvgIpc) is 3.28. The molecule has 2 aromatic carbocycles. The fraction of sp³-hybridized carbons (Fsp3) is 0.514. The summed E-state index contributed by atoms with van der Waals surface area (Å²) in [5.41, 5.74) is 6.95. The molecule has 0 aromatic heterocycles. The Bertz CT molecular complexity index is 1810. The number of hydrogen-bond acceptors (Lipinski definition) is 15. The summed E-state index contributed by atoms with van der Waals surface area (Å²) in [4.78, 5) is 36.6. The number of isothiocyanates is 1. The molecule has 2 atom stereocenters. The first kappa shape index (κ1) is 63.9. The summed E-state index contributed by atoms with van der Waals surface area (Å²) in [6.45, 7) is 3.05. The summed E-state index contributed by atoms with van der Waals surface area (Å²) in [5, 5.41) is 27.7. The maximum absolute atomic E-state index is 13.4. The lowest BCUT2D eigenvalue weighted by atomic mass is 10.2. The van der Waals surface area contributed by atoms with Gasteiger partial charge in [-0.1, -0.05) is 17.7 Å². The van der Waals surface area contributed by atoms with E-state index in [1.54, 1.807) is 64.1 Å². The summed E-state index contributed by atoms with van der Waals surface area (Å²) < 4.78 is 40.6. The quantitative estimate of drug-likeness (QED) is 0.00639. The SMILES string of the molecule is C.CO/N=C/CCOP(=O)(NCCN)N(CCCl)CCCl.CO/N=C/CCOP(=O)(NCCNC(=O)c1ccc(N=C=S)cc1)N(CCCl)CCCl.N#CSc1ccc(C(=O)Cl)cc1. The van der Waals surface area contributed by atoms with E-state index in [0.29, 0.717) is 80.7 Å². The lowest BCUT2D eigenvalue weighted by Crippen LogP contribution is -2.37. The number of nitrogens with zero attached hydrogens (tertiary/aromatic N) is 6. The van der Waals surface area contributed by atoms with Gasteiger partial charge in [0.1, 0.15) is 19.6 Å². The fourth-order valence-corrected chi connectivity index (χ4v) is 10.2. The van der Waals surface area contributed by atoms with Crippen LogP contribution in [0.5, 0.6) is 0 Å². The minimum atomic E-state index is -3.43. The van der Waals surface area contributed by atoms with Crippen molar-refractivity contribution < 1.29 is 37.4 Å². The molecule has 0 fully saturated rings. The normalized spacial score (nSPS) is 12.6. The van der Waals surface area contributed by atoms with E-state index in [9.17, 15) is 18.7 Å². The fourth-order valence-electron chi connectivity index (χ4n) is 4.44. The number of rotatable bonds is 31. The monoisotopic (exact) mass is 1070 g/mol. The molecule has 0 heterocycles. The third-order valence-electron chi connectivity index (χ3n) is 7.23. The molecule has 2 aromatic rings. The van der Waals surface area contributed by atoms with Crippen LogP contribution in [0.2, 0.25) is 0 Å². The topological polar surface area (TPSA) is 235 Å². The molecule has 0 radical (unpaired) electrons. The second-order valence-corrected chi connectivity index (χ2v) is 18.7. The van der Waals surface area contributed by atoms with Crippen molar-refractivity contribution in [1.82, 2.24) is 24.8 Å². The van der Waals surface area contributed by atoms with Crippen molar-refractivity contribution in [3.63, 3.8) is 0 Å². The van der Waals surface area contributed by atoms with E-state index in [1.807, 2.05) is 5.40 Å². The molecule has 27 heteroatoms. The number of aliphatic imine (C=N–C) groups is 1. The first-order chi connectivity index (χ1) is 30.4. The molecule has 0 saturated heterocycles. The van der Waals surface area contributed by atoms with Crippen molar-refractivity contribution in [3.05, 3.63) is 59.7 Å². The van der Waals surface area contributed by atoms with Crippen LogP contribution in [0.1, 0.15) is 41.0 Å². The van der Waals surface area contributed by atoms with E-state index < -0.39 is 20.6 Å². The van der Waals surface area contributed by atoms with E-state index in [0.717, 1.165) is 16.7 Å². The van der Waals surface area contributed by atoms with E-state index in [2.05, 4.69) is 57.8 Å². The Hall–Kier alpha value is -2.21. The van der Waals surface area contributed by atoms with Gasteiger partial charge in [0.15, 0.2) is 0 Å². The maximum Gasteiger partial charge on any atom is 0.343 e. The molecule has 1 amide bonds. The first-order valence-corrected chi connectivity index (χ1v) is 25.6. The van der Waals surface area contributed by atoms with Crippen molar-refractivity contribution in [1.29, 1.82) is 5.26 Å². The van der Waals surface area contributed by atoms with Crippen LogP contribution in [-0.4, -0.2) is 141 Å². The van der Waals surface area contributed by atoms with Gasteiger partial charge in [0.25, 0.3) is 11.1 Å². The van der Waals surface area contributed by atoms with E-state index in [-0.39, 0.29) is 51.4 Å². The zero-order valence-corrected chi connectivity index (χ0v) is 41.9. The molecule has 0 aliphatic heterocycles. The van der Waals surface area contributed by atoms with Gasteiger partial charge in [-0.05, 0) is 84.1 Å². The van der Waals surface area contributed by atoms with Gasteiger partial charge in [0.2, 0.25) is 0 Å². The Morgan fingerprint density at radius 2 is 1.25 bits per heavy atom. The average molecular weight is 1070 g/mol. The highest BCUT2D eigenvalue weighted by Crippen LogP contribution is 2.47. The number of nitriles is 1. The molecule has 0 aliphatic carbocycles. The highest BCUT2D eigenvalue weighted by atomic mass is 35.5. The van der Waals surface area contributed by atoms with Gasteiger partial charge in [-0.3, -0.25) is 18.7 Å². The molecule has 360 valence electrons. The van der Waals surface area contributed by atoms with Crippen molar-refractivity contribution >= 4 is 132 Å². The van der Waals surface area contributed by atoms with Crippen molar-refractivity contribution in [3.8, 4) is 5.40 Å². The van der Waals surface area contributed by atoms with Crippen LogP contribution in [-0.2, 0) is 27.9 Å². The number of hydrogen-bond donors (Lipinski definition) is 4. The first-order valence-electron chi connectivity index (χ1n) is 18.7. The summed E-state index contributed by atoms with van der Waals surface area (Å²) >= 11 is 33.9. The molecular formula is C37H57Cl5N10O8P2S2. The molecule has 2 unspecified atom stereocenters. The van der Waals surface area contributed by atoms with Crippen LogP contribution < -0.4 is 21.2 Å². The van der Waals surface area contributed by atoms with E-state index in [4.69, 9.17) is 78.0 Å². The molecule has 0 aliphatic rings. The third-order valence-corrected chi connectivity index (χ3v) is 13.4. The number of thioether (sulfide) groups is 1. The van der Waals surface area contributed by atoms with Crippen LogP contribution in [0.4, 0.5) is 5.69 Å². The number of nitrogens with two attached hydrogens (primary N) is 1. The summed E-state index contributed by atoms with van der Waals surface area (Å²) in [5.74, 6) is 0.914. The number of thiocarbonyl (C=S) groups is 1. The molecule has 18 nitrogen and oxygen atoms in total. The minimum absolute atomic E-state index is 0. The Kier molecular flexibility index (Phi) is 40.9. The highest BCUT2D eigenvalue weighted by molar-refractivity contribution is 8.03. The molecule has 64 heavy (non-hydrogen) atoms. The Morgan fingerprint density at radius 3 is 1.64 bits per heavy atom. The number of nitrogens with one attached hydrogen (secondary N) is 3. The Balaban J connectivity index is 0. The third kappa shape index (κ3) is 28.7. The summed E-state index contributed by atoms with van der Waals surface area (Å²) in [6, 6.07) is 13.1. The Morgan fingerprint density at radius 1 is 0.797 bits per heavy atom. The van der Waals surface area contributed by atoms with Gasteiger partial charge < -0.3 is 29.8 Å². The lowest BCUT2D eigenvalue weighted by molar-refractivity contribution is 0.0953. The predicted molar refractivity (Wildman–Crippen MR) is 267 cm³/mol. The molecule has 0 spiro atoms. The van der Waals surface area contributed by atoms with Crippen molar-refractivity contribution in [2.45, 2.75) is 25.2 Å². The van der Waals surface area contributed by atoms with Gasteiger partial charge in [-0.25, -0.2) is 19.5 Å². The number of carbonyl (C=O) groups is 2. The van der Waals surface area contributed by atoms with Crippen LogP contribution in [0.15, 0.2) is 68.7 Å². The Labute approximate surface area is 411 Å². The second kappa shape index (κ2) is 41.0. The van der Waals surface area contributed by atoms with Crippen LogP contribution >= 0.6 is 97.3 Å². The lowest BCUT2D eigenvalue weighted by Gasteiger charge is -2.30. The number of benzene rings is 2. The summed E-state index contributed by atoms with van der Waals surface area (Å²) in [7, 11) is -3.74. The van der Waals surface area contributed by atoms with E-state index in [1.165, 1.54) is 20.4 Å². The molecule has 2 rings (SSSR count). The molecule has 5 N–H and O–H groups in total. The number of alkyl halides is 4. The standard InChI is InChI=1S/C18H26Cl2N5O4PS.C10H23Cl2N4O3P.C8H4ClNOS.CH4/c1-28-23-9-2-14-29-30(27,25(12-7-19)13-8-20)24-11-10-21-18(26)16-3-5-17(6-4-16)22-15-31;1-18-14-6-2-10-19-20(17,15-7-5-13)16(8-3-11)9-4-12;9-8(11)6-1-3-7(4-2-6)12-5-10;/h3-6,9H,2,7-8,10-14H2,1H3,(H,21,26)(H,24,27);6H,2-5,7-10,13H2,1H3,(H,15,17);1-4H;1H4/b23-9+;14-6+;;. The second-order valence-electron chi connectivity index (χ2n) is 11.5. The van der Waals surface area contributed by atoms with Gasteiger partial charge in [-0.15, -0.1) is 46.4 Å². The number of carbonyl (C=O) groups excluding carboxylic acids is 2. The van der Waals surface area contributed by atoms with Gasteiger partial charge in [0, 0.05) is 117 Å². The molecule has 0 saturated carbocycles. The number of halogens is 5. The number of oxime groups is 2. The number of amides is 1. The molecule has 0 bridgehead atoms. The van der Waals surface area contributed by atoms with Crippen LogP contribution in [0.3, 0.4) is 0 Å². The maximum atomic E-state index is 13.4. The van der Waals surface area contributed by atoms with Gasteiger partial charge in [0.05, 0.1) is 24.1 Å². The number of thiocyanates is 1. The smallest absolute Gasteiger partial charge is 0.343 e. The highest BCUT2D eigenvalue weighted by Gasteiger charge is 2.32.